The van der Waals surface area contributed by atoms with E-state index in [4.69, 9.17) is 14.2 Å². The minimum absolute atomic E-state index is 0.0191. The van der Waals surface area contributed by atoms with Gasteiger partial charge in [0, 0.05) is 5.56 Å². The first-order chi connectivity index (χ1) is 14.8. The Labute approximate surface area is 180 Å². The number of benzene rings is 2. The van der Waals surface area contributed by atoms with Crippen molar-refractivity contribution in [2.45, 2.75) is 32.3 Å². The highest BCUT2D eigenvalue weighted by molar-refractivity contribution is 6.06. The van der Waals surface area contributed by atoms with Crippen molar-refractivity contribution in [2.75, 3.05) is 14.2 Å². The summed E-state index contributed by atoms with van der Waals surface area (Å²) in [6.07, 6.45) is 1.71. The lowest BCUT2D eigenvalue weighted by molar-refractivity contribution is 0.0549. The molecule has 4 rings (SSSR count). The average Bonchev–Trinajstić information content (AvgIpc) is 3.18. The van der Waals surface area contributed by atoms with Gasteiger partial charge in [0.05, 0.1) is 19.9 Å². The lowest BCUT2D eigenvalue weighted by atomic mass is 9.92. The van der Waals surface area contributed by atoms with Gasteiger partial charge in [-0.25, -0.2) is 14.3 Å². The Morgan fingerprint density at radius 3 is 2.42 bits per heavy atom. The van der Waals surface area contributed by atoms with Crippen LogP contribution in [0.15, 0.2) is 48.5 Å². The van der Waals surface area contributed by atoms with Crippen LogP contribution in [0.5, 0.6) is 5.75 Å². The Morgan fingerprint density at radius 2 is 1.74 bits per heavy atom. The molecule has 0 N–H and O–H groups in total. The third-order valence-corrected chi connectivity index (χ3v) is 5.37. The van der Waals surface area contributed by atoms with E-state index >= 15 is 0 Å². The summed E-state index contributed by atoms with van der Waals surface area (Å²) in [4.78, 5) is 25.4. The van der Waals surface area contributed by atoms with Gasteiger partial charge in [-0.05, 0) is 62.6 Å². The second-order valence-corrected chi connectivity index (χ2v) is 7.99. The van der Waals surface area contributed by atoms with Crippen molar-refractivity contribution in [3.8, 4) is 22.7 Å². The number of carbonyl (C=O) groups excluding carboxylic acids is 2. The Bertz CT molecular complexity index is 1150. The zero-order valence-electron chi connectivity index (χ0n) is 18.0. The molecular formula is C24H24N2O5. The Kier molecular flexibility index (Phi) is 5.27. The van der Waals surface area contributed by atoms with Crippen molar-refractivity contribution >= 4 is 11.9 Å². The highest BCUT2D eigenvalue weighted by Crippen LogP contribution is 2.37. The topological polar surface area (TPSA) is 79.7 Å². The van der Waals surface area contributed by atoms with Crippen LogP contribution in [0.25, 0.3) is 16.9 Å². The van der Waals surface area contributed by atoms with Crippen molar-refractivity contribution in [2.24, 2.45) is 0 Å². The van der Waals surface area contributed by atoms with Crippen LogP contribution in [0.3, 0.4) is 0 Å². The third-order valence-electron chi connectivity index (χ3n) is 5.37. The second kappa shape index (κ2) is 7.91. The molecule has 160 valence electrons. The van der Waals surface area contributed by atoms with Crippen LogP contribution in [0.4, 0.5) is 0 Å². The summed E-state index contributed by atoms with van der Waals surface area (Å²) in [5.41, 5.74) is 2.56. The smallest absolute Gasteiger partial charge is 0.357 e. The van der Waals surface area contributed by atoms with Gasteiger partial charge in [0.15, 0.2) is 5.69 Å². The molecule has 0 saturated heterocycles. The summed E-state index contributed by atoms with van der Waals surface area (Å²) < 4.78 is 17.5. The number of nitrogens with zero attached hydrogens (tertiary/aromatic N) is 2. The molecule has 2 heterocycles. The number of esters is 2. The van der Waals surface area contributed by atoms with Crippen LogP contribution in [0, 0.1) is 0 Å². The number of ether oxygens (including phenoxy) is 3. The molecule has 0 saturated carbocycles. The maximum atomic E-state index is 12.8. The first-order valence-corrected chi connectivity index (χ1v) is 10.0. The van der Waals surface area contributed by atoms with E-state index in [9.17, 15) is 9.59 Å². The van der Waals surface area contributed by atoms with Gasteiger partial charge in [-0.1, -0.05) is 18.2 Å². The fraction of sp³-hybridized carbons (Fsp3) is 0.292. The maximum absolute atomic E-state index is 12.8. The molecule has 31 heavy (non-hydrogen) atoms. The highest BCUT2D eigenvalue weighted by Gasteiger charge is 2.32. The molecule has 0 bridgehead atoms. The molecule has 0 spiro atoms. The predicted octanol–water partition coefficient (Wildman–Crippen LogP) is 4.22. The first-order valence-electron chi connectivity index (χ1n) is 10.0. The number of hydrogen-bond acceptors (Lipinski definition) is 6. The zero-order valence-corrected chi connectivity index (χ0v) is 18.0. The predicted molar refractivity (Wildman–Crippen MR) is 115 cm³/mol. The van der Waals surface area contributed by atoms with E-state index in [1.807, 2.05) is 36.4 Å². The Hall–Kier alpha value is -3.61. The molecule has 0 atom stereocenters. The van der Waals surface area contributed by atoms with E-state index in [0.29, 0.717) is 16.9 Å². The fourth-order valence-corrected chi connectivity index (χ4v) is 3.76. The number of methoxy groups -OCH3 is 2. The monoisotopic (exact) mass is 420 g/mol. The molecule has 0 amide bonds. The molecule has 1 aliphatic rings. The summed E-state index contributed by atoms with van der Waals surface area (Å²) in [6.45, 7) is 4.12. The lowest BCUT2D eigenvalue weighted by Crippen LogP contribution is -2.32. The molecule has 2 aromatic carbocycles. The molecule has 7 heteroatoms. The van der Waals surface area contributed by atoms with Crippen LogP contribution in [0.1, 0.15) is 46.7 Å². The fourth-order valence-electron chi connectivity index (χ4n) is 3.76. The van der Waals surface area contributed by atoms with E-state index in [2.05, 4.69) is 18.9 Å². The highest BCUT2D eigenvalue weighted by atomic mass is 16.5. The van der Waals surface area contributed by atoms with Gasteiger partial charge in [0.2, 0.25) is 0 Å². The molecule has 1 aromatic heterocycles. The number of carbonyl (C=O) groups is 2. The number of rotatable bonds is 4. The number of aromatic nitrogens is 2. The quantitative estimate of drug-likeness (QED) is 0.588. The molecule has 1 aliphatic heterocycles. The van der Waals surface area contributed by atoms with Gasteiger partial charge >= 0.3 is 11.9 Å². The van der Waals surface area contributed by atoms with Crippen LogP contribution < -0.4 is 4.74 Å². The zero-order chi connectivity index (χ0) is 22.2. The number of fused-ring (bicyclic) bond motifs is 1. The first kappa shape index (κ1) is 20.7. The van der Waals surface area contributed by atoms with Gasteiger partial charge in [-0.15, -0.1) is 0 Å². The van der Waals surface area contributed by atoms with E-state index in [1.165, 1.54) is 18.9 Å². The van der Waals surface area contributed by atoms with Gasteiger partial charge < -0.3 is 14.2 Å². The Balaban J connectivity index is 1.93. The van der Waals surface area contributed by atoms with Crippen molar-refractivity contribution in [3.63, 3.8) is 0 Å². The lowest BCUT2D eigenvalue weighted by Gasteiger charge is -2.32. The summed E-state index contributed by atoms with van der Waals surface area (Å²) in [5, 5.41) is 4.64. The van der Waals surface area contributed by atoms with Crippen molar-refractivity contribution in [3.05, 3.63) is 65.4 Å². The summed E-state index contributed by atoms with van der Waals surface area (Å²) in [5.74, 6) is -0.519. The average molecular weight is 420 g/mol. The molecule has 0 unspecified atom stereocenters. The number of hydrogen-bond donors (Lipinski definition) is 0. The van der Waals surface area contributed by atoms with Crippen LogP contribution in [-0.2, 0) is 15.9 Å². The maximum Gasteiger partial charge on any atom is 0.357 e. The van der Waals surface area contributed by atoms with Gasteiger partial charge in [0.25, 0.3) is 0 Å². The van der Waals surface area contributed by atoms with Gasteiger partial charge in [-0.2, -0.15) is 5.10 Å². The van der Waals surface area contributed by atoms with Crippen LogP contribution in [-0.4, -0.2) is 41.5 Å². The van der Waals surface area contributed by atoms with E-state index in [1.54, 1.807) is 12.1 Å². The van der Waals surface area contributed by atoms with Crippen molar-refractivity contribution in [1.82, 2.24) is 9.78 Å². The number of aryl methyl sites for hydroxylation is 1. The summed E-state index contributed by atoms with van der Waals surface area (Å²) in [7, 11) is 2.54. The number of para-hydroxylation sites is 1. The van der Waals surface area contributed by atoms with E-state index < -0.39 is 11.9 Å². The summed E-state index contributed by atoms with van der Waals surface area (Å²) >= 11 is 0. The van der Waals surface area contributed by atoms with Crippen LogP contribution in [0.2, 0.25) is 0 Å². The molecule has 0 aliphatic carbocycles. The third kappa shape index (κ3) is 3.79. The molecule has 0 radical (unpaired) electrons. The minimum Gasteiger partial charge on any atom is -0.488 e. The molecular weight excluding hydrogens is 396 g/mol. The summed E-state index contributed by atoms with van der Waals surface area (Å²) in [6, 6.07) is 14.8. The SMILES string of the molecule is COC(=O)c1c(-c2ccc3c(c2)CCC(C)(C)O3)nn(-c2ccccc2)c1C(=O)OC. The van der Waals surface area contributed by atoms with Crippen molar-refractivity contribution in [1.29, 1.82) is 0 Å². The molecule has 7 nitrogen and oxygen atoms in total. The minimum atomic E-state index is -0.675. The van der Waals surface area contributed by atoms with Gasteiger partial charge in [-0.3, -0.25) is 0 Å². The largest absolute Gasteiger partial charge is 0.488 e. The standard InChI is InChI=1S/C24H24N2O5/c1-24(2)13-12-15-14-16(10-11-18(15)31-24)20-19(22(27)29-3)21(23(28)30-4)26(25-20)17-8-6-5-7-9-17/h5-11,14H,12-13H2,1-4H3. The molecule has 3 aromatic rings. The van der Waals surface area contributed by atoms with Gasteiger partial charge in [0.1, 0.15) is 22.6 Å². The van der Waals surface area contributed by atoms with E-state index in [-0.39, 0.29) is 16.9 Å². The Morgan fingerprint density at radius 1 is 1.03 bits per heavy atom. The van der Waals surface area contributed by atoms with E-state index in [0.717, 1.165) is 24.2 Å². The second-order valence-electron chi connectivity index (χ2n) is 7.99. The van der Waals surface area contributed by atoms with Crippen molar-refractivity contribution < 1.29 is 23.8 Å². The molecule has 0 fully saturated rings. The normalized spacial score (nSPS) is 14.3. The van der Waals surface area contributed by atoms with Crippen LogP contribution >= 0.6 is 0 Å².